The largest absolute Gasteiger partial charge is 0.322 e. The first-order valence-corrected chi connectivity index (χ1v) is 6.51. The van der Waals surface area contributed by atoms with Gasteiger partial charge in [-0.2, -0.15) is 5.26 Å². The molecule has 2 rings (SSSR count). The number of benzene rings is 2. The summed E-state index contributed by atoms with van der Waals surface area (Å²) in [6.45, 7) is 1.89. The Balaban J connectivity index is 2.13. The van der Waals surface area contributed by atoms with Gasteiger partial charge in [0.1, 0.15) is 0 Å². The molecule has 1 amide bonds. The maximum absolute atomic E-state index is 12.1. The normalized spacial score (nSPS) is 9.85. The quantitative estimate of drug-likeness (QED) is 0.927. The average molecular weight is 285 g/mol. The topological polar surface area (TPSA) is 52.9 Å². The highest BCUT2D eigenvalue weighted by Crippen LogP contribution is 2.17. The second kappa shape index (κ2) is 6.23. The van der Waals surface area contributed by atoms with E-state index < -0.39 is 0 Å². The number of amides is 1. The van der Waals surface area contributed by atoms with E-state index in [4.69, 9.17) is 16.9 Å². The van der Waals surface area contributed by atoms with E-state index in [1.54, 1.807) is 30.3 Å². The third kappa shape index (κ3) is 3.59. The van der Waals surface area contributed by atoms with Crippen LogP contribution in [0.25, 0.3) is 0 Å². The van der Waals surface area contributed by atoms with Crippen LogP contribution in [0.2, 0.25) is 5.02 Å². The maximum Gasteiger partial charge on any atom is 0.255 e. The van der Waals surface area contributed by atoms with Crippen molar-refractivity contribution in [1.29, 1.82) is 5.26 Å². The monoisotopic (exact) mass is 284 g/mol. The third-order valence-electron chi connectivity index (χ3n) is 2.80. The number of carbonyl (C=O) groups excluding carboxylic acids is 1. The number of nitrogens with one attached hydrogen (secondary N) is 1. The number of carbonyl (C=O) groups is 1. The van der Waals surface area contributed by atoms with Crippen molar-refractivity contribution in [2.24, 2.45) is 0 Å². The Morgan fingerprint density at radius 3 is 2.55 bits per heavy atom. The summed E-state index contributed by atoms with van der Waals surface area (Å²) in [5, 5.41) is 11.9. The Morgan fingerprint density at radius 1 is 1.25 bits per heavy atom. The lowest BCUT2D eigenvalue weighted by molar-refractivity contribution is 0.102. The Hall–Kier alpha value is -2.31. The molecule has 2 aromatic rings. The van der Waals surface area contributed by atoms with Crippen molar-refractivity contribution in [1.82, 2.24) is 0 Å². The highest BCUT2D eigenvalue weighted by Gasteiger charge is 2.07. The summed E-state index contributed by atoms with van der Waals surface area (Å²) < 4.78 is 0. The van der Waals surface area contributed by atoms with Crippen molar-refractivity contribution in [3.8, 4) is 6.07 Å². The zero-order valence-electron chi connectivity index (χ0n) is 11.0. The predicted molar refractivity (Wildman–Crippen MR) is 79.9 cm³/mol. The lowest BCUT2D eigenvalue weighted by atomic mass is 10.1. The van der Waals surface area contributed by atoms with Crippen molar-refractivity contribution in [3.63, 3.8) is 0 Å². The molecule has 0 saturated carbocycles. The first-order valence-electron chi connectivity index (χ1n) is 6.13. The standard InChI is InChI=1S/C16H13ClN2O/c1-11-8-13(10-14(17)9-11)16(20)19-15-4-2-12(3-5-15)6-7-18/h2-5,8-10H,6H2,1H3,(H,19,20). The van der Waals surface area contributed by atoms with E-state index in [1.165, 1.54) is 0 Å². The zero-order valence-corrected chi connectivity index (χ0v) is 11.7. The number of rotatable bonds is 3. The van der Waals surface area contributed by atoms with Gasteiger partial charge in [0.15, 0.2) is 0 Å². The van der Waals surface area contributed by atoms with Gasteiger partial charge < -0.3 is 5.32 Å². The van der Waals surface area contributed by atoms with Gasteiger partial charge in [-0.15, -0.1) is 0 Å². The molecule has 0 aliphatic rings. The summed E-state index contributed by atoms with van der Waals surface area (Å²) in [6, 6.07) is 14.5. The minimum atomic E-state index is -0.205. The molecule has 4 heteroatoms. The van der Waals surface area contributed by atoms with Gasteiger partial charge >= 0.3 is 0 Å². The van der Waals surface area contributed by atoms with Crippen LogP contribution in [0, 0.1) is 18.3 Å². The molecule has 0 atom stereocenters. The van der Waals surface area contributed by atoms with Crippen molar-refractivity contribution in [2.45, 2.75) is 13.3 Å². The van der Waals surface area contributed by atoms with Gasteiger partial charge in [-0.05, 0) is 48.4 Å². The highest BCUT2D eigenvalue weighted by atomic mass is 35.5. The number of nitriles is 1. The second-order valence-electron chi connectivity index (χ2n) is 4.50. The Labute approximate surface area is 122 Å². The minimum Gasteiger partial charge on any atom is -0.322 e. The molecule has 0 unspecified atom stereocenters. The molecule has 1 N–H and O–H groups in total. The third-order valence-corrected chi connectivity index (χ3v) is 3.02. The first kappa shape index (κ1) is 14.1. The van der Waals surface area contributed by atoms with E-state index in [2.05, 4.69) is 11.4 Å². The Morgan fingerprint density at radius 2 is 1.95 bits per heavy atom. The number of hydrogen-bond donors (Lipinski definition) is 1. The molecule has 3 nitrogen and oxygen atoms in total. The van der Waals surface area contributed by atoms with Crippen LogP contribution in [-0.4, -0.2) is 5.91 Å². The van der Waals surface area contributed by atoms with Gasteiger partial charge in [0, 0.05) is 16.3 Å². The lowest BCUT2D eigenvalue weighted by Crippen LogP contribution is -2.12. The first-order chi connectivity index (χ1) is 9.58. The molecule has 0 spiro atoms. The number of anilines is 1. The molecule has 0 fully saturated rings. The van der Waals surface area contributed by atoms with Gasteiger partial charge in [-0.25, -0.2) is 0 Å². The average Bonchev–Trinajstić information content (AvgIpc) is 2.40. The maximum atomic E-state index is 12.1. The van der Waals surface area contributed by atoms with E-state index >= 15 is 0 Å². The van der Waals surface area contributed by atoms with Crippen LogP contribution >= 0.6 is 11.6 Å². The van der Waals surface area contributed by atoms with Crippen molar-refractivity contribution in [2.75, 3.05) is 5.32 Å². The van der Waals surface area contributed by atoms with Gasteiger partial charge in [0.05, 0.1) is 12.5 Å². The predicted octanol–water partition coefficient (Wildman–Crippen LogP) is 3.97. The molecule has 0 radical (unpaired) electrons. The van der Waals surface area contributed by atoms with Crippen LogP contribution in [-0.2, 0) is 6.42 Å². The molecule has 0 saturated heterocycles. The number of halogens is 1. The number of nitrogens with zero attached hydrogens (tertiary/aromatic N) is 1. The van der Waals surface area contributed by atoms with Crippen LogP contribution < -0.4 is 5.32 Å². The molecule has 0 aliphatic heterocycles. The second-order valence-corrected chi connectivity index (χ2v) is 4.94. The van der Waals surface area contributed by atoms with E-state index in [-0.39, 0.29) is 5.91 Å². The lowest BCUT2D eigenvalue weighted by Gasteiger charge is -2.07. The zero-order chi connectivity index (χ0) is 14.5. The van der Waals surface area contributed by atoms with E-state index in [9.17, 15) is 4.79 Å². The summed E-state index contributed by atoms with van der Waals surface area (Å²) >= 11 is 5.94. The van der Waals surface area contributed by atoms with Crippen LogP contribution in [0.4, 0.5) is 5.69 Å². The summed E-state index contributed by atoms with van der Waals surface area (Å²) in [5.41, 5.74) is 3.07. The van der Waals surface area contributed by atoms with E-state index in [1.807, 2.05) is 19.1 Å². The fourth-order valence-corrected chi connectivity index (χ4v) is 2.16. The van der Waals surface area contributed by atoms with Crippen molar-refractivity contribution < 1.29 is 4.79 Å². The fraction of sp³-hybridized carbons (Fsp3) is 0.125. The molecule has 0 bridgehead atoms. The van der Waals surface area contributed by atoms with E-state index in [0.29, 0.717) is 22.7 Å². The molecule has 20 heavy (non-hydrogen) atoms. The van der Waals surface area contributed by atoms with Gasteiger partial charge in [-0.1, -0.05) is 23.7 Å². The molecule has 2 aromatic carbocycles. The summed E-state index contributed by atoms with van der Waals surface area (Å²) in [6.07, 6.45) is 0.363. The smallest absolute Gasteiger partial charge is 0.255 e. The molecule has 0 aliphatic carbocycles. The number of hydrogen-bond acceptors (Lipinski definition) is 2. The van der Waals surface area contributed by atoms with Crippen molar-refractivity contribution >= 4 is 23.2 Å². The molecule has 0 aromatic heterocycles. The van der Waals surface area contributed by atoms with Crippen LogP contribution in [0.3, 0.4) is 0 Å². The van der Waals surface area contributed by atoms with Crippen molar-refractivity contribution in [3.05, 3.63) is 64.2 Å². The summed E-state index contributed by atoms with van der Waals surface area (Å²) in [7, 11) is 0. The SMILES string of the molecule is Cc1cc(Cl)cc(C(=O)Nc2ccc(CC#N)cc2)c1. The van der Waals surface area contributed by atoms with Gasteiger partial charge in [0.2, 0.25) is 0 Å². The van der Waals surface area contributed by atoms with Gasteiger partial charge in [0.25, 0.3) is 5.91 Å². The molecule has 100 valence electrons. The number of aryl methyl sites for hydroxylation is 1. The molecular formula is C16H13ClN2O. The highest BCUT2D eigenvalue weighted by molar-refractivity contribution is 6.31. The Bertz CT molecular complexity index is 652. The van der Waals surface area contributed by atoms with E-state index in [0.717, 1.165) is 11.1 Å². The Kier molecular flexibility index (Phi) is 4.39. The van der Waals surface area contributed by atoms with Crippen LogP contribution in [0.5, 0.6) is 0 Å². The fourth-order valence-electron chi connectivity index (χ4n) is 1.87. The van der Waals surface area contributed by atoms with Crippen LogP contribution in [0.15, 0.2) is 42.5 Å². The minimum absolute atomic E-state index is 0.205. The van der Waals surface area contributed by atoms with Gasteiger partial charge in [-0.3, -0.25) is 4.79 Å². The molecular weight excluding hydrogens is 272 g/mol. The molecule has 0 heterocycles. The van der Waals surface area contributed by atoms with Crippen LogP contribution in [0.1, 0.15) is 21.5 Å². The summed E-state index contributed by atoms with van der Waals surface area (Å²) in [4.78, 5) is 12.1. The summed E-state index contributed by atoms with van der Waals surface area (Å²) in [5.74, 6) is -0.205.